The maximum Gasteiger partial charge on any atom is 0.242 e. The van der Waals surface area contributed by atoms with E-state index in [1.807, 2.05) is 0 Å². The van der Waals surface area contributed by atoms with Gasteiger partial charge in [-0.25, -0.2) is 0 Å². The summed E-state index contributed by atoms with van der Waals surface area (Å²) in [5.74, 6) is -0.298. The van der Waals surface area contributed by atoms with Gasteiger partial charge in [0.25, 0.3) is 0 Å². The lowest BCUT2D eigenvalue weighted by molar-refractivity contribution is -0.128. The molecule has 0 aliphatic rings. The monoisotopic (exact) mass is 329 g/mol. The van der Waals surface area contributed by atoms with E-state index in [-0.39, 0.29) is 11.8 Å². The maximum absolute atomic E-state index is 12.2. The van der Waals surface area contributed by atoms with Crippen LogP contribution in [0.5, 0.6) is 0 Å². The number of aromatic amines is 1. The molecule has 2 amide bonds. The number of hydrogen-bond acceptors (Lipinski definition) is 2. The van der Waals surface area contributed by atoms with Gasteiger partial charge in [0.05, 0.1) is 5.52 Å². The van der Waals surface area contributed by atoms with Crippen molar-refractivity contribution in [2.24, 2.45) is 0 Å². The van der Waals surface area contributed by atoms with Crippen LogP contribution in [0.3, 0.4) is 0 Å². The Morgan fingerprint density at radius 3 is 2.54 bits per heavy atom. The van der Waals surface area contributed by atoms with Gasteiger partial charge in [-0.05, 0) is 44.4 Å². The highest BCUT2D eigenvalue weighted by Crippen LogP contribution is 2.26. The molecule has 5 heteroatoms. The molecule has 0 bridgehead atoms. The van der Waals surface area contributed by atoms with E-state index in [9.17, 15) is 9.59 Å². The molecule has 0 saturated heterocycles. The molecular weight excluding hydrogens is 302 g/mol. The molecule has 0 spiro atoms. The van der Waals surface area contributed by atoms with E-state index in [1.54, 1.807) is 13.8 Å². The van der Waals surface area contributed by atoms with Crippen LogP contribution < -0.4 is 10.6 Å². The molecule has 130 valence electrons. The lowest BCUT2D eigenvalue weighted by atomic mass is 10.0. The average molecular weight is 329 g/mol. The zero-order chi connectivity index (χ0) is 17.9. The average Bonchev–Trinajstić information content (AvgIpc) is 2.88. The number of fused-ring (bicyclic) bond motifs is 1. The molecule has 1 aromatic heterocycles. The van der Waals surface area contributed by atoms with Crippen molar-refractivity contribution >= 4 is 22.7 Å². The Bertz CT molecular complexity index is 762. The van der Waals surface area contributed by atoms with Gasteiger partial charge in [-0.1, -0.05) is 25.5 Å². The Morgan fingerprint density at radius 1 is 1.21 bits per heavy atom. The minimum atomic E-state index is -0.533. The maximum atomic E-state index is 12.2. The van der Waals surface area contributed by atoms with Crippen molar-refractivity contribution in [3.63, 3.8) is 0 Å². The highest BCUT2D eigenvalue weighted by atomic mass is 16.2. The van der Waals surface area contributed by atoms with Crippen LogP contribution >= 0.6 is 0 Å². The fourth-order valence-corrected chi connectivity index (χ4v) is 2.95. The summed E-state index contributed by atoms with van der Waals surface area (Å²) >= 11 is 0. The van der Waals surface area contributed by atoms with Gasteiger partial charge in [-0.3, -0.25) is 9.59 Å². The molecule has 0 radical (unpaired) electrons. The first kappa shape index (κ1) is 18.0. The van der Waals surface area contributed by atoms with Gasteiger partial charge in [-0.15, -0.1) is 0 Å². The van der Waals surface area contributed by atoms with Crippen molar-refractivity contribution in [1.29, 1.82) is 0 Å². The van der Waals surface area contributed by atoms with E-state index in [4.69, 9.17) is 0 Å². The fraction of sp³-hybridized carbons (Fsp3) is 0.474. The molecule has 3 N–H and O–H groups in total. The molecule has 2 aromatic rings. The van der Waals surface area contributed by atoms with Crippen LogP contribution in [0.1, 0.15) is 49.6 Å². The van der Waals surface area contributed by atoms with E-state index >= 15 is 0 Å². The van der Waals surface area contributed by atoms with Crippen molar-refractivity contribution in [3.05, 3.63) is 34.5 Å². The number of amides is 2. The standard InChI is InChI=1S/C19H27N3O2/c1-6-16-12(4)15-9-11(3)8-14(18(15)22-16)10-20-19(24)13(5)21-17(23)7-2/h8-9,13,22H,6-7,10H2,1-5H3,(H,20,24)(H,21,23)/t13-/m0/s1. The van der Waals surface area contributed by atoms with Crippen LogP contribution in [0.25, 0.3) is 10.9 Å². The molecular formula is C19H27N3O2. The summed E-state index contributed by atoms with van der Waals surface area (Å²) in [5.41, 5.74) is 5.82. The van der Waals surface area contributed by atoms with E-state index in [1.165, 1.54) is 22.2 Å². The number of carbonyl (C=O) groups is 2. The third-order valence-electron chi connectivity index (χ3n) is 4.40. The van der Waals surface area contributed by atoms with Crippen LogP contribution in [-0.2, 0) is 22.6 Å². The fourth-order valence-electron chi connectivity index (χ4n) is 2.95. The molecule has 24 heavy (non-hydrogen) atoms. The number of carbonyl (C=O) groups excluding carboxylic acids is 2. The second kappa shape index (κ2) is 7.51. The second-order valence-electron chi connectivity index (χ2n) is 6.29. The van der Waals surface area contributed by atoms with Gasteiger partial charge < -0.3 is 15.6 Å². The molecule has 2 rings (SSSR count). The number of aromatic nitrogens is 1. The zero-order valence-corrected chi connectivity index (χ0v) is 15.2. The minimum Gasteiger partial charge on any atom is -0.358 e. The third kappa shape index (κ3) is 3.78. The summed E-state index contributed by atoms with van der Waals surface area (Å²) in [6.07, 6.45) is 1.32. The van der Waals surface area contributed by atoms with Crippen molar-refractivity contribution in [2.75, 3.05) is 0 Å². The first-order valence-corrected chi connectivity index (χ1v) is 8.55. The van der Waals surface area contributed by atoms with Crippen LogP contribution in [0.2, 0.25) is 0 Å². The Labute approximate surface area is 143 Å². The van der Waals surface area contributed by atoms with Crippen molar-refractivity contribution in [2.45, 2.75) is 60.0 Å². The molecule has 0 aliphatic heterocycles. The second-order valence-corrected chi connectivity index (χ2v) is 6.29. The quantitative estimate of drug-likeness (QED) is 0.762. The summed E-state index contributed by atoms with van der Waals surface area (Å²) < 4.78 is 0. The first-order chi connectivity index (χ1) is 11.4. The number of hydrogen-bond donors (Lipinski definition) is 3. The van der Waals surface area contributed by atoms with Crippen molar-refractivity contribution < 1.29 is 9.59 Å². The lowest BCUT2D eigenvalue weighted by Gasteiger charge is -2.14. The molecule has 1 atom stereocenters. The van der Waals surface area contributed by atoms with Crippen LogP contribution in [0, 0.1) is 13.8 Å². The number of benzene rings is 1. The van der Waals surface area contributed by atoms with Gasteiger partial charge in [0.15, 0.2) is 0 Å². The highest BCUT2D eigenvalue weighted by molar-refractivity contribution is 5.89. The SMILES string of the molecule is CCC(=O)N[C@@H](C)C(=O)NCc1cc(C)cc2c(C)c(CC)[nH]c12. The molecule has 0 saturated carbocycles. The van der Waals surface area contributed by atoms with E-state index in [0.29, 0.717) is 13.0 Å². The lowest BCUT2D eigenvalue weighted by Crippen LogP contribution is -2.44. The minimum absolute atomic E-state index is 0.122. The number of rotatable bonds is 6. The highest BCUT2D eigenvalue weighted by Gasteiger charge is 2.16. The summed E-state index contributed by atoms with van der Waals surface area (Å²) in [6.45, 7) is 10.2. The number of nitrogens with one attached hydrogen (secondary N) is 3. The topological polar surface area (TPSA) is 74.0 Å². The van der Waals surface area contributed by atoms with Crippen molar-refractivity contribution in [1.82, 2.24) is 15.6 Å². The van der Waals surface area contributed by atoms with Gasteiger partial charge in [0.1, 0.15) is 6.04 Å². The summed E-state index contributed by atoms with van der Waals surface area (Å²) in [6, 6.07) is 3.73. The Morgan fingerprint density at radius 2 is 1.92 bits per heavy atom. The first-order valence-electron chi connectivity index (χ1n) is 8.55. The largest absolute Gasteiger partial charge is 0.358 e. The van der Waals surface area contributed by atoms with Gasteiger partial charge >= 0.3 is 0 Å². The van der Waals surface area contributed by atoms with Gasteiger partial charge in [0, 0.05) is 24.0 Å². The molecule has 0 aliphatic carbocycles. The number of H-pyrrole nitrogens is 1. The predicted molar refractivity (Wildman–Crippen MR) is 96.9 cm³/mol. The van der Waals surface area contributed by atoms with Gasteiger partial charge in [-0.2, -0.15) is 0 Å². The van der Waals surface area contributed by atoms with Crippen LogP contribution in [0.15, 0.2) is 12.1 Å². The Hall–Kier alpha value is -2.30. The molecule has 1 aromatic carbocycles. The van der Waals surface area contributed by atoms with Gasteiger partial charge in [0.2, 0.25) is 11.8 Å². The van der Waals surface area contributed by atoms with Crippen LogP contribution in [0.4, 0.5) is 0 Å². The molecule has 0 unspecified atom stereocenters. The Balaban J connectivity index is 2.18. The Kier molecular flexibility index (Phi) is 5.65. The molecule has 0 fully saturated rings. The zero-order valence-electron chi connectivity index (χ0n) is 15.2. The smallest absolute Gasteiger partial charge is 0.242 e. The normalized spacial score (nSPS) is 12.2. The van der Waals surface area contributed by atoms with Crippen LogP contribution in [-0.4, -0.2) is 22.8 Å². The third-order valence-corrected chi connectivity index (χ3v) is 4.40. The van der Waals surface area contributed by atoms with E-state index < -0.39 is 6.04 Å². The summed E-state index contributed by atoms with van der Waals surface area (Å²) in [4.78, 5) is 27.1. The predicted octanol–water partition coefficient (Wildman–Crippen LogP) is 2.88. The molecule has 1 heterocycles. The summed E-state index contributed by atoms with van der Waals surface area (Å²) in [5, 5.41) is 6.81. The van der Waals surface area contributed by atoms with Crippen molar-refractivity contribution in [3.8, 4) is 0 Å². The number of aryl methyl sites for hydroxylation is 3. The van der Waals surface area contributed by atoms with E-state index in [0.717, 1.165) is 17.5 Å². The summed E-state index contributed by atoms with van der Waals surface area (Å²) in [7, 11) is 0. The van der Waals surface area contributed by atoms with E-state index in [2.05, 4.69) is 48.5 Å². The molecule has 5 nitrogen and oxygen atoms in total.